The van der Waals surface area contributed by atoms with Gasteiger partial charge < -0.3 is 25.7 Å². The highest BCUT2D eigenvalue weighted by Gasteiger charge is 2.35. The molecule has 0 aromatic heterocycles. The van der Waals surface area contributed by atoms with Crippen molar-refractivity contribution < 1.29 is 42.8 Å². The first-order valence-electron chi connectivity index (χ1n) is 10.4. The summed E-state index contributed by atoms with van der Waals surface area (Å²) in [4.78, 5) is 50.6. The highest BCUT2D eigenvalue weighted by molar-refractivity contribution is 6.05. The Hall–Kier alpha value is -2.62. The molecule has 0 fully saturated rings. The van der Waals surface area contributed by atoms with Crippen molar-refractivity contribution in [1.29, 1.82) is 0 Å². The van der Waals surface area contributed by atoms with Crippen LogP contribution in [0.25, 0.3) is 0 Å². The maximum atomic E-state index is 12.8. The average Bonchev–Trinajstić information content (AvgIpc) is 2.67. The summed E-state index contributed by atoms with van der Waals surface area (Å²) in [6.07, 6.45) is 0.809. The van der Waals surface area contributed by atoms with E-state index in [2.05, 4.69) is 0 Å². The SMILES string of the molecule is CC(=O)CC(=O)C(CO)C(CCO)CC1CC(=O)c2c(O)ccc(C(=O)N(C)C)c2C1.O.[HH].[HH]. The first-order valence-corrected chi connectivity index (χ1v) is 10.4. The minimum atomic E-state index is -0.806. The molecule has 2 rings (SSSR count). The molecular weight excluding hydrogens is 418 g/mol. The number of aliphatic hydroxyl groups excluding tert-OH is 2. The zero-order valence-corrected chi connectivity index (χ0v) is 18.8. The van der Waals surface area contributed by atoms with E-state index < -0.39 is 18.4 Å². The van der Waals surface area contributed by atoms with Crippen LogP contribution in [0, 0.1) is 17.8 Å². The second kappa shape index (κ2) is 11.8. The molecule has 0 radical (unpaired) electrons. The van der Waals surface area contributed by atoms with E-state index in [9.17, 15) is 34.5 Å². The summed E-state index contributed by atoms with van der Waals surface area (Å²) in [6, 6.07) is 2.86. The zero-order valence-electron chi connectivity index (χ0n) is 18.8. The van der Waals surface area contributed by atoms with E-state index in [1.807, 2.05) is 0 Å². The van der Waals surface area contributed by atoms with Crippen molar-refractivity contribution >= 4 is 23.3 Å². The molecule has 0 spiro atoms. The van der Waals surface area contributed by atoms with Gasteiger partial charge in [-0.3, -0.25) is 19.2 Å². The van der Waals surface area contributed by atoms with Gasteiger partial charge in [0.05, 0.1) is 18.6 Å². The molecule has 0 bridgehead atoms. The number of ketones is 3. The number of phenols is 1. The molecule has 32 heavy (non-hydrogen) atoms. The second-order valence-electron chi connectivity index (χ2n) is 8.53. The standard InChI is InChI=1S/C23H31NO7.H2O.2H2/c1-13(27)8-20(29)18(12-26)15(6-7-25)9-14-10-17-16(23(31)24(2)3)4-5-19(28)22(17)21(30)11-14;;;/h4-5,14-15,18,25-26,28H,6-12H2,1-3H3;1H2;2*1H. The molecule has 1 amide bonds. The molecule has 1 aliphatic rings. The number of hydrogen-bond acceptors (Lipinski definition) is 7. The molecule has 0 heterocycles. The maximum Gasteiger partial charge on any atom is 0.253 e. The van der Waals surface area contributed by atoms with Gasteiger partial charge in [0.25, 0.3) is 5.91 Å². The lowest BCUT2D eigenvalue weighted by Gasteiger charge is -2.31. The second-order valence-corrected chi connectivity index (χ2v) is 8.53. The van der Waals surface area contributed by atoms with Crippen LogP contribution in [0.15, 0.2) is 12.1 Å². The smallest absolute Gasteiger partial charge is 0.253 e. The highest BCUT2D eigenvalue weighted by Crippen LogP contribution is 2.38. The number of hydrogen-bond donors (Lipinski definition) is 3. The van der Waals surface area contributed by atoms with Gasteiger partial charge in [0, 0.05) is 41.5 Å². The molecule has 3 unspecified atom stereocenters. The number of aliphatic hydroxyl groups is 2. The lowest BCUT2D eigenvalue weighted by Crippen LogP contribution is -2.33. The number of amides is 1. The molecule has 3 atom stereocenters. The van der Waals surface area contributed by atoms with E-state index in [1.54, 1.807) is 14.1 Å². The van der Waals surface area contributed by atoms with Crippen LogP contribution >= 0.6 is 0 Å². The number of rotatable bonds is 10. The van der Waals surface area contributed by atoms with Crippen molar-refractivity contribution in [3.63, 3.8) is 0 Å². The van der Waals surface area contributed by atoms with Crippen LogP contribution in [0.2, 0.25) is 0 Å². The normalized spacial score (nSPS) is 17.0. The van der Waals surface area contributed by atoms with E-state index in [0.29, 0.717) is 24.0 Å². The molecule has 5 N–H and O–H groups in total. The van der Waals surface area contributed by atoms with Crippen LogP contribution in [-0.4, -0.2) is 76.3 Å². The number of phenolic OH excluding ortho intramolecular Hbond substituents is 1. The third-order valence-electron chi connectivity index (χ3n) is 5.91. The molecule has 9 heteroatoms. The van der Waals surface area contributed by atoms with Gasteiger partial charge in [-0.05, 0) is 55.7 Å². The van der Waals surface area contributed by atoms with E-state index in [4.69, 9.17) is 0 Å². The summed E-state index contributed by atoms with van der Waals surface area (Å²) in [6.45, 7) is 0.663. The third kappa shape index (κ3) is 6.21. The van der Waals surface area contributed by atoms with Crippen molar-refractivity contribution in [2.45, 2.75) is 39.0 Å². The van der Waals surface area contributed by atoms with E-state index in [1.165, 1.54) is 24.0 Å². The zero-order chi connectivity index (χ0) is 23.3. The number of Topliss-reactive ketones (excluding diaryl/α,β-unsaturated/α-hetero) is 3. The molecule has 0 saturated carbocycles. The molecule has 1 aromatic rings. The molecule has 9 nitrogen and oxygen atoms in total. The quantitative estimate of drug-likeness (QED) is 0.444. The Morgan fingerprint density at radius 3 is 2.38 bits per heavy atom. The molecule has 1 aliphatic carbocycles. The van der Waals surface area contributed by atoms with E-state index in [0.717, 1.165) is 0 Å². The Bertz CT molecular complexity index is 875. The summed E-state index contributed by atoms with van der Waals surface area (Å²) in [5.41, 5.74) is 0.994. The van der Waals surface area contributed by atoms with Gasteiger partial charge >= 0.3 is 0 Å². The Kier molecular flexibility index (Phi) is 10.1. The van der Waals surface area contributed by atoms with Crippen LogP contribution in [-0.2, 0) is 16.0 Å². The fourth-order valence-electron chi connectivity index (χ4n) is 4.46. The summed E-state index contributed by atoms with van der Waals surface area (Å²) < 4.78 is 0. The summed E-state index contributed by atoms with van der Waals surface area (Å²) in [5.74, 6) is -2.84. The van der Waals surface area contributed by atoms with Crippen LogP contribution in [0.3, 0.4) is 0 Å². The first-order chi connectivity index (χ1) is 14.6. The van der Waals surface area contributed by atoms with Crippen molar-refractivity contribution in [1.82, 2.24) is 4.90 Å². The Morgan fingerprint density at radius 1 is 1.19 bits per heavy atom. The van der Waals surface area contributed by atoms with Gasteiger partial charge in [0.1, 0.15) is 17.3 Å². The number of carbonyl (C=O) groups is 4. The largest absolute Gasteiger partial charge is 0.507 e. The van der Waals surface area contributed by atoms with Crippen molar-refractivity contribution in [3.05, 3.63) is 28.8 Å². The monoisotopic (exact) mass is 455 g/mol. The van der Waals surface area contributed by atoms with Crippen LogP contribution in [0.1, 0.15) is 61.7 Å². The third-order valence-corrected chi connectivity index (χ3v) is 5.91. The molecule has 182 valence electrons. The number of fused-ring (bicyclic) bond motifs is 1. The van der Waals surface area contributed by atoms with Gasteiger partial charge in [-0.1, -0.05) is 0 Å². The summed E-state index contributed by atoms with van der Waals surface area (Å²) in [7, 11) is 3.21. The van der Waals surface area contributed by atoms with E-state index in [-0.39, 0.29) is 74.7 Å². The fraction of sp³-hybridized carbons (Fsp3) is 0.565. The number of benzene rings is 1. The summed E-state index contributed by atoms with van der Waals surface area (Å²) >= 11 is 0. The maximum absolute atomic E-state index is 12.8. The lowest BCUT2D eigenvalue weighted by atomic mass is 9.73. The van der Waals surface area contributed by atoms with Gasteiger partial charge in [-0.2, -0.15) is 0 Å². The Morgan fingerprint density at radius 2 is 1.84 bits per heavy atom. The minimum absolute atomic E-state index is 0. The van der Waals surface area contributed by atoms with Crippen molar-refractivity contribution in [2.24, 2.45) is 17.8 Å². The van der Waals surface area contributed by atoms with Gasteiger partial charge in [0.15, 0.2) is 5.78 Å². The van der Waals surface area contributed by atoms with Gasteiger partial charge in [-0.15, -0.1) is 0 Å². The predicted octanol–water partition coefficient (Wildman–Crippen LogP) is 1.05. The minimum Gasteiger partial charge on any atom is -0.507 e. The van der Waals surface area contributed by atoms with Gasteiger partial charge in [-0.25, -0.2) is 0 Å². The molecular formula is C23H37NO8. The first kappa shape index (κ1) is 27.4. The van der Waals surface area contributed by atoms with Crippen molar-refractivity contribution in [3.8, 4) is 5.75 Å². The molecule has 0 saturated heterocycles. The Balaban J connectivity index is 0. The topological polar surface area (TPSA) is 164 Å². The van der Waals surface area contributed by atoms with Crippen LogP contribution in [0.5, 0.6) is 5.75 Å². The van der Waals surface area contributed by atoms with Crippen LogP contribution < -0.4 is 0 Å². The molecule has 1 aromatic carbocycles. The highest BCUT2D eigenvalue weighted by atomic mass is 16.3. The summed E-state index contributed by atoms with van der Waals surface area (Å²) in [5, 5.41) is 29.5. The van der Waals surface area contributed by atoms with Crippen molar-refractivity contribution in [2.75, 3.05) is 27.3 Å². The number of carbonyl (C=O) groups excluding carboxylic acids is 4. The van der Waals surface area contributed by atoms with E-state index >= 15 is 0 Å². The van der Waals surface area contributed by atoms with Crippen LogP contribution in [0.4, 0.5) is 0 Å². The number of nitrogens with zero attached hydrogens (tertiary/aromatic N) is 1. The fourth-order valence-corrected chi connectivity index (χ4v) is 4.46. The lowest BCUT2D eigenvalue weighted by molar-refractivity contribution is -0.131. The average molecular weight is 456 g/mol. The Labute approximate surface area is 190 Å². The predicted molar refractivity (Wildman–Crippen MR) is 121 cm³/mol. The number of aromatic hydroxyl groups is 1. The molecule has 0 aliphatic heterocycles. The van der Waals surface area contributed by atoms with Gasteiger partial charge in [0.2, 0.25) is 0 Å².